The van der Waals surface area contributed by atoms with Crippen molar-refractivity contribution >= 4 is 16.7 Å². The Morgan fingerprint density at radius 3 is 2.95 bits per heavy atom. The van der Waals surface area contributed by atoms with Crippen molar-refractivity contribution in [1.29, 1.82) is 0 Å². The number of anilines is 1. The van der Waals surface area contributed by atoms with Crippen LogP contribution < -0.4 is 11.1 Å². The zero-order valence-corrected chi connectivity index (χ0v) is 11.6. The average Bonchev–Trinajstić information content (AvgIpc) is 2.86. The summed E-state index contributed by atoms with van der Waals surface area (Å²) in [6, 6.07) is 6.78. The zero-order chi connectivity index (χ0) is 13.7. The monoisotopic (exact) mass is 280 g/mol. The molecule has 1 aromatic carbocycles. The summed E-state index contributed by atoms with van der Waals surface area (Å²) >= 11 is 1.28. The van der Waals surface area contributed by atoms with Crippen LogP contribution in [0, 0.1) is 5.82 Å². The van der Waals surface area contributed by atoms with Gasteiger partial charge in [0.05, 0.1) is 0 Å². The molecule has 0 radical (unpaired) electrons. The topological polar surface area (TPSA) is 63.8 Å². The van der Waals surface area contributed by atoms with E-state index in [-0.39, 0.29) is 11.9 Å². The molecule has 0 aliphatic carbocycles. The molecule has 2 rings (SSSR count). The first kappa shape index (κ1) is 13.9. The van der Waals surface area contributed by atoms with Crippen molar-refractivity contribution in [2.75, 3.05) is 11.9 Å². The largest absolute Gasteiger partial charge is 0.359 e. The summed E-state index contributed by atoms with van der Waals surface area (Å²) in [5.74, 6) is 0.405. The summed E-state index contributed by atoms with van der Waals surface area (Å²) in [6.07, 6.45) is 1.32. The van der Waals surface area contributed by atoms with Gasteiger partial charge in [0.1, 0.15) is 11.6 Å². The Balaban J connectivity index is 1.96. The zero-order valence-electron chi connectivity index (χ0n) is 10.8. The third-order valence-electron chi connectivity index (χ3n) is 2.81. The van der Waals surface area contributed by atoms with Gasteiger partial charge in [0, 0.05) is 30.5 Å². The van der Waals surface area contributed by atoms with E-state index in [2.05, 4.69) is 14.7 Å². The van der Waals surface area contributed by atoms with Crippen LogP contribution in [0.4, 0.5) is 9.52 Å². The molecule has 2 aromatic rings. The van der Waals surface area contributed by atoms with Gasteiger partial charge >= 0.3 is 0 Å². The van der Waals surface area contributed by atoms with Gasteiger partial charge in [-0.15, -0.1) is 0 Å². The molecule has 0 aliphatic heterocycles. The summed E-state index contributed by atoms with van der Waals surface area (Å²) in [6.45, 7) is 2.71. The third kappa shape index (κ3) is 3.97. The number of nitrogens with zero attached hydrogens (tertiary/aromatic N) is 2. The first-order chi connectivity index (χ1) is 9.19. The highest BCUT2D eigenvalue weighted by Crippen LogP contribution is 2.15. The minimum Gasteiger partial charge on any atom is -0.359 e. The molecule has 19 heavy (non-hydrogen) atoms. The number of benzene rings is 1. The van der Waals surface area contributed by atoms with E-state index in [0.29, 0.717) is 24.4 Å². The molecular weight excluding hydrogens is 263 g/mol. The highest BCUT2D eigenvalue weighted by molar-refractivity contribution is 7.09. The molecule has 0 fully saturated rings. The summed E-state index contributed by atoms with van der Waals surface area (Å²) in [5, 5.41) is 3.87. The molecule has 6 heteroatoms. The van der Waals surface area contributed by atoms with Crippen molar-refractivity contribution in [2.45, 2.75) is 25.8 Å². The number of aromatic nitrogens is 2. The van der Waals surface area contributed by atoms with Crippen LogP contribution in [-0.4, -0.2) is 21.9 Å². The van der Waals surface area contributed by atoms with Gasteiger partial charge in [-0.25, -0.2) is 9.37 Å². The molecule has 102 valence electrons. The Morgan fingerprint density at radius 2 is 2.21 bits per heavy atom. The van der Waals surface area contributed by atoms with E-state index in [1.807, 2.05) is 13.0 Å². The molecule has 1 atom stereocenters. The fourth-order valence-corrected chi connectivity index (χ4v) is 2.16. The first-order valence-electron chi connectivity index (χ1n) is 6.24. The van der Waals surface area contributed by atoms with Crippen LogP contribution in [0.15, 0.2) is 24.3 Å². The van der Waals surface area contributed by atoms with Crippen molar-refractivity contribution in [2.24, 2.45) is 5.73 Å². The molecule has 0 amide bonds. The van der Waals surface area contributed by atoms with Crippen LogP contribution in [0.2, 0.25) is 0 Å². The van der Waals surface area contributed by atoms with Gasteiger partial charge in [0.25, 0.3) is 0 Å². The van der Waals surface area contributed by atoms with Gasteiger partial charge in [-0.05, 0) is 18.1 Å². The molecular formula is C13H17FN4S. The van der Waals surface area contributed by atoms with Gasteiger partial charge in [-0.2, -0.15) is 4.37 Å². The van der Waals surface area contributed by atoms with Crippen LogP contribution in [0.25, 0.3) is 0 Å². The van der Waals surface area contributed by atoms with Crippen LogP contribution in [0.1, 0.15) is 24.7 Å². The predicted molar refractivity (Wildman–Crippen MR) is 75.9 cm³/mol. The Hall–Kier alpha value is -1.53. The van der Waals surface area contributed by atoms with Crippen LogP contribution >= 0.6 is 11.5 Å². The van der Waals surface area contributed by atoms with Crippen molar-refractivity contribution in [3.8, 4) is 0 Å². The molecule has 0 saturated heterocycles. The van der Waals surface area contributed by atoms with Crippen molar-refractivity contribution in [1.82, 2.24) is 9.36 Å². The lowest BCUT2D eigenvalue weighted by molar-refractivity contribution is 0.612. The second kappa shape index (κ2) is 6.58. The number of nitrogens with two attached hydrogens (primary N) is 1. The van der Waals surface area contributed by atoms with E-state index in [0.717, 1.165) is 11.6 Å². The van der Waals surface area contributed by atoms with Crippen molar-refractivity contribution < 1.29 is 4.39 Å². The van der Waals surface area contributed by atoms with E-state index in [1.54, 1.807) is 12.1 Å². The Kier molecular flexibility index (Phi) is 4.81. The minimum absolute atomic E-state index is 0.110. The fourth-order valence-electron chi connectivity index (χ4n) is 1.57. The molecule has 0 aliphatic rings. The molecule has 4 nitrogen and oxygen atoms in total. The van der Waals surface area contributed by atoms with Gasteiger partial charge < -0.3 is 11.1 Å². The van der Waals surface area contributed by atoms with Crippen molar-refractivity contribution in [3.63, 3.8) is 0 Å². The SMILES string of the molecule is CCC(N)CNc1nc(Cc2ccccc2F)ns1. The Labute approximate surface area is 116 Å². The number of rotatable bonds is 6. The maximum absolute atomic E-state index is 13.5. The number of hydrogen-bond donors (Lipinski definition) is 2. The van der Waals surface area contributed by atoms with Gasteiger partial charge in [-0.1, -0.05) is 25.1 Å². The molecule has 1 heterocycles. The molecule has 1 unspecified atom stereocenters. The predicted octanol–water partition coefficient (Wildman–Crippen LogP) is 2.42. The lowest BCUT2D eigenvalue weighted by Gasteiger charge is -2.07. The van der Waals surface area contributed by atoms with Crippen LogP contribution in [0.3, 0.4) is 0 Å². The highest BCUT2D eigenvalue weighted by atomic mass is 32.1. The van der Waals surface area contributed by atoms with E-state index in [4.69, 9.17) is 5.73 Å². The summed E-state index contributed by atoms with van der Waals surface area (Å²) in [5.41, 5.74) is 6.42. The van der Waals surface area contributed by atoms with Crippen LogP contribution in [0.5, 0.6) is 0 Å². The molecule has 0 spiro atoms. The Morgan fingerprint density at radius 1 is 1.42 bits per heavy atom. The molecule has 3 N–H and O–H groups in total. The lowest BCUT2D eigenvalue weighted by Crippen LogP contribution is -2.27. The van der Waals surface area contributed by atoms with E-state index in [9.17, 15) is 4.39 Å². The normalized spacial score (nSPS) is 12.4. The molecule has 0 saturated carbocycles. The Bertz CT molecular complexity index is 529. The van der Waals surface area contributed by atoms with E-state index < -0.39 is 0 Å². The van der Waals surface area contributed by atoms with Gasteiger partial charge in [-0.3, -0.25) is 0 Å². The third-order valence-corrected chi connectivity index (χ3v) is 3.52. The highest BCUT2D eigenvalue weighted by Gasteiger charge is 2.08. The number of halogens is 1. The summed E-state index contributed by atoms with van der Waals surface area (Å²) < 4.78 is 17.7. The van der Waals surface area contributed by atoms with E-state index >= 15 is 0 Å². The second-order valence-electron chi connectivity index (χ2n) is 4.33. The lowest BCUT2D eigenvalue weighted by atomic mass is 10.1. The minimum atomic E-state index is -0.222. The molecule has 0 bridgehead atoms. The first-order valence-corrected chi connectivity index (χ1v) is 7.01. The second-order valence-corrected chi connectivity index (χ2v) is 5.09. The summed E-state index contributed by atoms with van der Waals surface area (Å²) in [7, 11) is 0. The quantitative estimate of drug-likeness (QED) is 0.853. The van der Waals surface area contributed by atoms with Gasteiger partial charge in [0.15, 0.2) is 0 Å². The maximum atomic E-state index is 13.5. The van der Waals surface area contributed by atoms with Crippen molar-refractivity contribution in [3.05, 3.63) is 41.5 Å². The van der Waals surface area contributed by atoms with Crippen LogP contribution in [-0.2, 0) is 6.42 Å². The average molecular weight is 280 g/mol. The number of nitrogens with one attached hydrogen (secondary N) is 1. The van der Waals surface area contributed by atoms with E-state index in [1.165, 1.54) is 17.6 Å². The fraction of sp³-hybridized carbons (Fsp3) is 0.385. The smallest absolute Gasteiger partial charge is 0.202 e. The van der Waals surface area contributed by atoms with Gasteiger partial charge in [0.2, 0.25) is 5.13 Å². The standard InChI is InChI=1S/C13H17FN4S/c1-2-10(15)8-16-13-17-12(18-19-13)7-9-5-3-4-6-11(9)14/h3-6,10H,2,7-8,15H2,1H3,(H,16,17,18). The molecule has 1 aromatic heterocycles. The maximum Gasteiger partial charge on any atom is 0.202 e. The number of hydrogen-bond acceptors (Lipinski definition) is 5. The summed E-state index contributed by atoms with van der Waals surface area (Å²) in [4.78, 5) is 4.33.